The van der Waals surface area contributed by atoms with Crippen molar-refractivity contribution in [1.29, 1.82) is 0 Å². The smallest absolute Gasteiger partial charge is 0.162 e. The van der Waals surface area contributed by atoms with Crippen LogP contribution in [0.1, 0.15) is 37.8 Å². The van der Waals surface area contributed by atoms with Gasteiger partial charge in [0.1, 0.15) is 0 Å². The molecule has 1 aromatic rings. The van der Waals surface area contributed by atoms with Crippen molar-refractivity contribution in [3.63, 3.8) is 0 Å². The lowest BCUT2D eigenvalue weighted by molar-refractivity contribution is 0.315. The number of phenols is 1. The summed E-state index contributed by atoms with van der Waals surface area (Å²) in [4.78, 5) is 0. The summed E-state index contributed by atoms with van der Waals surface area (Å²) in [5.41, 5.74) is 12.2. The average molecular weight is 275 g/mol. The highest BCUT2D eigenvalue weighted by Gasteiger charge is 2.14. The van der Waals surface area contributed by atoms with Crippen molar-refractivity contribution in [2.45, 2.75) is 32.2 Å². The highest BCUT2D eigenvalue weighted by Crippen LogP contribution is 2.34. The molecule has 0 aliphatic heterocycles. The van der Waals surface area contributed by atoms with E-state index in [2.05, 4.69) is 0 Å². The van der Waals surface area contributed by atoms with Crippen LogP contribution >= 0.6 is 12.4 Å². The zero-order valence-corrected chi connectivity index (χ0v) is 11.6. The molecule has 18 heavy (non-hydrogen) atoms. The summed E-state index contributed by atoms with van der Waals surface area (Å²) in [6.45, 7) is 3.09. The molecule has 4 nitrogen and oxygen atoms in total. The molecule has 1 aromatic carbocycles. The third-order valence-corrected chi connectivity index (χ3v) is 2.70. The van der Waals surface area contributed by atoms with Gasteiger partial charge in [-0.3, -0.25) is 0 Å². The van der Waals surface area contributed by atoms with Crippen molar-refractivity contribution in [2.24, 2.45) is 11.5 Å². The molecule has 1 atom stereocenters. The molecular weight excluding hydrogens is 252 g/mol. The van der Waals surface area contributed by atoms with E-state index >= 15 is 0 Å². The van der Waals surface area contributed by atoms with Crippen LogP contribution in [0.2, 0.25) is 0 Å². The fraction of sp³-hybridized carbons (Fsp3) is 0.538. The summed E-state index contributed by atoms with van der Waals surface area (Å²) in [6, 6.07) is 5.27. The quantitative estimate of drug-likeness (QED) is 0.667. The van der Waals surface area contributed by atoms with Gasteiger partial charge in [0, 0.05) is 11.6 Å². The molecule has 5 N–H and O–H groups in total. The van der Waals surface area contributed by atoms with Gasteiger partial charge in [-0.05, 0) is 32.4 Å². The molecule has 0 bridgehead atoms. The minimum Gasteiger partial charge on any atom is -0.504 e. The molecule has 1 rings (SSSR count). The molecule has 0 aliphatic carbocycles. The first-order chi connectivity index (χ1) is 8.20. The van der Waals surface area contributed by atoms with Gasteiger partial charge >= 0.3 is 0 Å². The lowest BCUT2D eigenvalue weighted by atomic mass is 10.0. The predicted octanol–water partition coefficient (Wildman–Crippen LogP) is 2.34. The summed E-state index contributed by atoms with van der Waals surface area (Å²) in [5.74, 6) is 0.661. The average Bonchev–Trinajstić information content (AvgIpc) is 2.32. The largest absolute Gasteiger partial charge is 0.504 e. The summed E-state index contributed by atoms with van der Waals surface area (Å²) in [6.07, 6.45) is 2.75. The van der Waals surface area contributed by atoms with Gasteiger partial charge in [0.05, 0.1) is 6.61 Å². The number of para-hydroxylation sites is 1. The number of hydrogen-bond acceptors (Lipinski definition) is 4. The Labute approximate surface area is 115 Å². The Hall–Kier alpha value is -0.970. The van der Waals surface area contributed by atoms with Gasteiger partial charge in [0.15, 0.2) is 11.5 Å². The van der Waals surface area contributed by atoms with E-state index in [1.165, 1.54) is 0 Å². The lowest BCUT2D eigenvalue weighted by Gasteiger charge is -2.15. The fourth-order valence-corrected chi connectivity index (χ4v) is 1.77. The molecule has 0 spiro atoms. The second-order valence-corrected chi connectivity index (χ2v) is 4.02. The molecule has 104 valence electrons. The fourth-order valence-electron chi connectivity index (χ4n) is 1.77. The van der Waals surface area contributed by atoms with E-state index in [0.29, 0.717) is 18.9 Å². The molecule has 0 saturated carbocycles. The van der Waals surface area contributed by atoms with Crippen molar-refractivity contribution in [1.82, 2.24) is 0 Å². The molecule has 0 radical (unpaired) electrons. The van der Waals surface area contributed by atoms with E-state index in [1.807, 2.05) is 19.1 Å². The molecule has 5 heteroatoms. The molecular formula is C13H23ClN2O2. The van der Waals surface area contributed by atoms with E-state index in [1.54, 1.807) is 6.07 Å². The number of phenolic OH excluding ortho intramolecular Hbond substituents is 1. The molecule has 0 amide bonds. The normalized spacial score (nSPS) is 11.7. The minimum atomic E-state index is -0.165. The Morgan fingerprint density at radius 2 is 2.06 bits per heavy atom. The number of hydrogen-bond donors (Lipinski definition) is 3. The Morgan fingerprint density at radius 3 is 2.67 bits per heavy atom. The molecule has 0 saturated heterocycles. The topological polar surface area (TPSA) is 81.5 Å². The molecule has 0 aromatic heterocycles. The van der Waals surface area contributed by atoms with Crippen LogP contribution in [0, 0.1) is 0 Å². The van der Waals surface area contributed by atoms with Crippen LogP contribution < -0.4 is 16.2 Å². The predicted molar refractivity (Wildman–Crippen MR) is 76.4 cm³/mol. The van der Waals surface area contributed by atoms with E-state index in [0.717, 1.165) is 24.8 Å². The third-order valence-electron chi connectivity index (χ3n) is 2.70. The number of benzene rings is 1. The van der Waals surface area contributed by atoms with Gasteiger partial charge in [-0.1, -0.05) is 18.6 Å². The number of unbranched alkanes of at least 4 members (excludes halogenated alkanes) is 1. The number of rotatable bonds is 7. The van der Waals surface area contributed by atoms with Crippen LogP contribution in [-0.2, 0) is 0 Å². The maximum Gasteiger partial charge on any atom is 0.162 e. The standard InChI is InChI=1S/C13H22N2O2.ClH/c1-2-17-12-8-5-6-10(13(12)16)11(15)7-3-4-9-14;/h5-6,8,11,16H,2-4,7,9,14-15H2,1H3;1H/t11-;/m0./s1. The highest BCUT2D eigenvalue weighted by molar-refractivity contribution is 5.85. The Bertz CT molecular complexity index is 348. The SMILES string of the molecule is CCOc1cccc([C@@H](N)CCCCN)c1O.Cl. The highest BCUT2D eigenvalue weighted by atomic mass is 35.5. The number of halogens is 1. The van der Waals surface area contributed by atoms with E-state index in [9.17, 15) is 5.11 Å². The van der Waals surface area contributed by atoms with Crippen LogP contribution in [0.4, 0.5) is 0 Å². The van der Waals surface area contributed by atoms with Gasteiger partial charge in [-0.15, -0.1) is 12.4 Å². The summed E-state index contributed by atoms with van der Waals surface area (Å²) in [7, 11) is 0. The van der Waals surface area contributed by atoms with Crippen LogP contribution in [0.25, 0.3) is 0 Å². The lowest BCUT2D eigenvalue weighted by Crippen LogP contribution is -2.11. The Balaban J connectivity index is 0.00000289. The van der Waals surface area contributed by atoms with Gasteiger partial charge in [0.25, 0.3) is 0 Å². The van der Waals surface area contributed by atoms with Crippen molar-refractivity contribution in [3.05, 3.63) is 23.8 Å². The molecule has 0 unspecified atom stereocenters. The first kappa shape index (κ1) is 17.0. The zero-order chi connectivity index (χ0) is 12.7. The van der Waals surface area contributed by atoms with Gasteiger partial charge < -0.3 is 21.3 Å². The van der Waals surface area contributed by atoms with E-state index in [4.69, 9.17) is 16.2 Å². The Morgan fingerprint density at radius 1 is 1.33 bits per heavy atom. The molecule has 0 heterocycles. The maximum absolute atomic E-state index is 10.0. The summed E-state index contributed by atoms with van der Waals surface area (Å²) < 4.78 is 5.33. The Kier molecular flexibility index (Phi) is 8.54. The maximum atomic E-state index is 10.0. The number of ether oxygens (including phenoxy) is 1. The third kappa shape index (κ3) is 4.72. The van der Waals surface area contributed by atoms with Crippen LogP contribution in [0.3, 0.4) is 0 Å². The van der Waals surface area contributed by atoms with Crippen molar-refractivity contribution >= 4 is 12.4 Å². The molecule has 0 fully saturated rings. The van der Waals surface area contributed by atoms with Crippen LogP contribution in [0.5, 0.6) is 11.5 Å². The second kappa shape index (κ2) is 9.03. The van der Waals surface area contributed by atoms with Crippen molar-refractivity contribution in [3.8, 4) is 11.5 Å². The minimum absolute atomic E-state index is 0. The van der Waals surface area contributed by atoms with Gasteiger partial charge in [-0.25, -0.2) is 0 Å². The van der Waals surface area contributed by atoms with Crippen molar-refractivity contribution in [2.75, 3.05) is 13.2 Å². The van der Waals surface area contributed by atoms with Gasteiger partial charge in [-0.2, -0.15) is 0 Å². The van der Waals surface area contributed by atoms with Gasteiger partial charge in [0.2, 0.25) is 0 Å². The summed E-state index contributed by atoms with van der Waals surface area (Å²) >= 11 is 0. The van der Waals surface area contributed by atoms with E-state index in [-0.39, 0.29) is 24.2 Å². The summed E-state index contributed by atoms with van der Waals surface area (Å²) in [5, 5.41) is 10.0. The van der Waals surface area contributed by atoms with Crippen molar-refractivity contribution < 1.29 is 9.84 Å². The second-order valence-electron chi connectivity index (χ2n) is 4.02. The van der Waals surface area contributed by atoms with Crippen LogP contribution in [0.15, 0.2) is 18.2 Å². The first-order valence-electron chi connectivity index (χ1n) is 6.11. The first-order valence-corrected chi connectivity index (χ1v) is 6.11. The zero-order valence-electron chi connectivity index (χ0n) is 10.8. The van der Waals surface area contributed by atoms with E-state index < -0.39 is 0 Å². The molecule has 0 aliphatic rings. The monoisotopic (exact) mass is 274 g/mol. The van der Waals surface area contributed by atoms with Crippen LogP contribution in [-0.4, -0.2) is 18.3 Å². The number of aromatic hydroxyl groups is 1. The number of nitrogens with two attached hydrogens (primary N) is 2.